The lowest BCUT2D eigenvalue weighted by molar-refractivity contribution is 0.767. The molecule has 1 aromatic heterocycles. The fourth-order valence-corrected chi connectivity index (χ4v) is 1.77. The third-order valence-electron chi connectivity index (χ3n) is 2.41. The SMILES string of the molecule is Cc1cc(NCc2cnn(C)c2)ccc1Br. The average molecular weight is 280 g/mol. The molecule has 0 amide bonds. The number of hydrogen-bond acceptors (Lipinski definition) is 2. The highest BCUT2D eigenvalue weighted by molar-refractivity contribution is 9.10. The van der Waals surface area contributed by atoms with Crippen LogP contribution in [0.4, 0.5) is 5.69 Å². The van der Waals surface area contributed by atoms with E-state index in [1.165, 1.54) is 11.1 Å². The molecule has 1 heterocycles. The van der Waals surface area contributed by atoms with Crippen LogP contribution in [0, 0.1) is 6.92 Å². The Labute approximate surface area is 104 Å². The van der Waals surface area contributed by atoms with Gasteiger partial charge in [0.2, 0.25) is 0 Å². The largest absolute Gasteiger partial charge is 0.381 e. The number of hydrogen-bond donors (Lipinski definition) is 1. The molecule has 3 nitrogen and oxygen atoms in total. The zero-order valence-corrected chi connectivity index (χ0v) is 11.0. The minimum absolute atomic E-state index is 0.801. The highest BCUT2D eigenvalue weighted by Crippen LogP contribution is 2.20. The summed E-state index contributed by atoms with van der Waals surface area (Å²) in [5, 5.41) is 7.50. The molecule has 0 saturated carbocycles. The van der Waals surface area contributed by atoms with Crippen molar-refractivity contribution in [2.24, 2.45) is 7.05 Å². The van der Waals surface area contributed by atoms with Crippen LogP contribution in [-0.4, -0.2) is 9.78 Å². The van der Waals surface area contributed by atoms with Gasteiger partial charge in [0.1, 0.15) is 0 Å². The van der Waals surface area contributed by atoms with Crippen LogP contribution in [0.2, 0.25) is 0 Å². The minimum Gasteiger partial charge on any atom is -0.381 e. The monoisotopic (exact) mass is 279 g/mol. The summed E-state index contributed by atoms with van der Waals surface area (Å²) in [5.74, 6) is 0. The van der Waals surface area contributed by atoms with Gasteiger partial charge in [0.05, 0.1) is 6.20 Å². The van der Waals surface area contributed by atoms with Crippen LogP contribution in [0.1, 0.15) is 11.1 Å². The zero-order chi connectivity index (χ0) is 11.5. The lowest BCUT2D eigenvalue weighted by atomic mass is 10.2. The standard InChI is InChI=1S/C12H14BrN3/c1-9-5-11(3-4-12(9)13)14-6-10-7-15-16(2)8-10/h3-5,7-8,14H,6H2,1-2H3. The third kappa shape index (κ3) is 2.64. The smallest absolute Gasteiger partial charge is 0.0539 e. The number of aromatic nitrogens is 2. The molecule has 0 spiro atoms. The first-order chi connectivity index (χ1) is 7.65. The maximum Gasteiger partial charge on any atom is 0.0539 e. The molecule has 0 unspecified atom stereocenters. The maximum atomic E-state index is 4.13. The van der Waals surface area contributed by atoms with Crippen LogP contribution < -0.4 is 5.32 Å². The molecule has 0 radical (unpaired) electrons. The second kappa shape index (κ2) is 4.70. The molecule has 0 fully saturated rings. The molecule has 0 saturated heterocycles. The van der Waals surface area contributed by atoms with Crippen molar-refractivity contribution in [1.82, 2.24) is 9.78 Å². The minimum atomic E-state index is 0.801. The molecule has 16 heavy (non-hydrogen) atoms. The molecule has 4 heteroatoms. The zero-order valence-electron chi connectivity index (χ0n) is 9.37. The summed E-state index contributed by atoms with van der Waals surface area (Å²) in [6, 6.07) is 6.24. The first-order valence-electron chi connectivity index (χ1n) is 5.13. The predicted octanol–water partition coefficient (Wildman–Crippen LogP) is 3.10. The van der Waals surface area contributed by atoms with Crippen molar-refractivity contribution in [2.75, 3.05) is 5.32 Å². The maximum absolute atomic E-state index is 4.13. The van der Waals surface area contributed by atoms with Gasteiger partial charge < -0.3 is 5.32 Å². The quantitative estimate of drug-likeness (QED) is 0.936. The van der Waals surface area contributed by atoms with Gasteiger partial charge in [-0.3, -0.25) is 4.68 Å². The number of benzene rings is 1. The van der Waals surface area contributed by atoms with E-state index < -0.39 is 0 Å². The second-order valence-electron chi connectivity index (χ2n) is 3.84. The van der Waals surface area contributed by atoms with Crippen molar-refractivity contribution in [3.63, 3.8) is 0 Å². The molecule has 0 bridgehead atoms. The van der Waals surface area contributed by atoms with Crippen molar-refractivity contribution in [2.45, 2.75) is 13.5 Å². The van der Waals surface area contributed by atoms with E-state index in [1.807, 2.05) is 24.1 Å². The number of halogens is 1. The van der Waals surface area contributed by atoms with E-state index in [0.717, 1.165) is 16.7 Å². The summed E-state index contributed by atoms with van der Waals surface area (Å²) in [7, 11) is 1.92. The van der Waals surface area contributed by atoms with Gasteiger partial charge in [0, 0.05) is 35.5 Å². The average Bonchev–Trinajstić information content (AvgIpc) is 2.66. The van der Waals surface area contributed by atoms with E-state index in [9.17, 15) is 0 Å². The Bertz CT molecular complexity index is 491. The molecular weight excluding hydrogens is 266 g/mol. The molecule has 0 aliphatic rings. The van der Waals surface area contributed by atoms with Gasteiger partial charge in [0.15, 0.2) is 0 Å². The van der Waals surface area contributed by atoms with Crippen molar-refractivity contribution in [3.8, 4) is 0 Å². The van der Waals surface area contributed by atoms with Gasteiger partial charge in [0.25, 0.3) is 0 Å². The normalized spacial score (nSPS) is 10.4. The number of nitrogens with zero attached hydrogens (tertiary/aromatic N) is 2. The van der Waals surface area contributed by atoms with Gasteiger partial charge in [-0.1, -0.05) is 15.9 Å². The summed E-state index contributed by atoms with van der Waals surface area (Å²) in [4.78, 5) is 0. The van der Waals surface area contributed by atoms with Crippen LogP contribution >= 0.6 is 15.9 Å². The van der Waals surface area contributed by atoms with Crippen molar-refractivity contribution in [1.29, 1.82) is 0 Å². The van der Waals surface area contributed by atoms with Crippen LogP contribution in [0.3, 0.4) is 0 Å². The van der Waals surface area contributed by atoms with E-state index in [2.05, 4.69) is 51.5 Å². The Hall–Kier alpha value is -1.29. The van der Waals surface area contributed by atoms with E-state index >= 15 is 0 Å². The van der Waals surface area contributed by atoms with Crippen LogP contribution in [0.15, 0.2) is 35.1 Å². The molecular formula is C12H14BrN3. The van der Waals surface area contributed by atoms with Gasteiger partial charge in [-0.15, -0.1) is 0 Å². The molecule has 0 aliphatic carbocycles. The molecule has 0 atom stereocenters. The Morgan fingerprint density at radius 3 is 2.88 bits per heavy atom. The van der Waals surface area contributed by atoms with Crippen molar-refractivity contribution >= 4 is 21.6 Å². The number of nitrogens with one attached hydrogen (secondary N) is 1. The Balaban J connectivity index is 2.02. The van der Waals surface area contributed by atoms with E-state index in [1.54, 1.807) is 0 Å². The summed E-state index contributed by atoms with van der Waals surface area (Å²) in [5.41, 5.74) is 3.55. The topological polar surface area (TPSA) is 29.9 Å². The molecule has 1 aromatic carbocycles. The first kappa shape index (κ1) is 11.2. The molecule has 0 aliphatic heterocycles. The lowest BCUT2D eigenvalue weighted by Gasteiger charge is -2.06. The Kier molecular flexibility index (Phi) is 3.29. The van der Waals surface area contributed by atoms with Gasteiger partial charge in [-0.25, -0.2) is 0 Å². The van der Waals surface area contributed by atoms with Gasteiger partial charge >= 0.3 is 0 Å². The number of aryl methyl sites for hydroxylation is 2. The van der Waals surface area contributed by atoms with Crippen molar-refractivity contribution < 1.29 is 0 Å². The second-order valence-corrected chi connectivity index (χ2v) is 4.69. The fourth-order valence-electron chi connectivity index (χ4n) is 1.52. The van der Waals surface area contributed by atoms with Gasteiger partial charge in [-0.05, 0) is 30.7 Å². The van der Waals surface area contributed by atoms with Crippen LogP contribution in [0.25, 0.3) is 0 Å². The summed E-state index contributed by atoms with van der Waals surface area (Å²) in [6.07, 6.45) is 3.89. The predicted molar refractivity (Wildman–Crippen MR) is 69.4 cm³/mol. The summed E-state index contributed by atoms with van der Waals surface area (Å²) >= 11 is 3.49. The first-order valence-corrected chi connectivity index (χ1v) is 5.92. The Morgan fingerprint density at radius 1 is 1.44 bits per heavy atom. The van der Waals surface area contributed by atoms with Crippen LogP contribution in [0.5, 0.6) is 0 Å². The highest BCUT2D eigenvalue weighted by Gasteiger charge is 1.98. The van der Waals surface area contributed by atoms with E-state index in [0.29, 0.717) is 0 Å². The Morgan fingerprint density at radius 2 is 2.25 bits per heavy atom. The highest BCUT2D eigenvalue weighted by atomic mass is 79.9. The molecule has 1 N–H and O–H groups in total. The lowest BCUT2D eigenvalue weighted by Crippen LogP contribution is -1.98. The molecule has 2 aromatic rings. The number of rotatable bonds is 3. The van der Waals surface area contributed by atoms with Crippen molar-refractivity contribution in [3.05, 3.63) is 46.2 Å². The summed E-state index contributed by atoms with van der Waals surface area (Å²) in [6.45, 7) is 2.88. The molecule has 84 valence electrons. The van der Waals surface area contributed by atoms with E-state index in [4.69, 9.17) is 0 Å². The third-order valence-corrected chi connectivity index (χ3v) is 3.30. The number of anilines is 1. The summed E-state index contributed by atoms with van der Waals surface area (Å²) < 4.78 is 2.95. The fraction of sp³-hybridized carbons (Fsp3) is 0.250. The van der Waals surface area contributed by atoms with E-state index in [-0.39, 0.29) is 0 Å². The molecule has 2 rings (SSSR count). The van der Waals surface area contributed by atoms with Gasteiger partial charge in [-0.2, -0.15) is 5.10 Å². The van der Waals surface area contributed by atoms with Crippen LogP contribution in [-0.2, 0) is 13.6 Å².